The molecule has 0 bridgehead atoms. The lowest BCUT2D eigenvalue weighted by Crippen LogP contribution is -2.15. The Morgan fingerprint density at radius 2 is 2.05 bits per heavy atom. The van der Waals surface area contributed by atoms with Gasteiger partial charge in [-0.05, 0) is 12.1 Å². The van der Waals surface area contributed by atoms with Crippen LogP contribution in [-0.2, 0) is 16.4 Å². The van der Waals surface area contributed by atoms with Crippen LogP contribution in [0.15, 0.2) is 18.2 Å². The van der Waals surface area contributed by atoms with E-state index in [9.17, 15) is 18.3 Å². The molecule has 2 aromatic rings. The number of hydrogen-bond acceptors (Lipinski definition) is 4. The molecule has 0 radical (unpaired) electrons. The molecule has 0 amide bonds. The topological polar surface area (TPSA) is 89.3 Å². The molecule has 114 valence electrons. The van der Waals surface area contributed by atoms with Gasteiger partial charge in [0.1, 0.15) is 15.7 Å². The Balaban J connectivity index is 2.68. The third-order valence-electron chi connectivity index (χ3n) is 3.23. The molecule has 0 atom stereocenters. The molecule has 1 aromatic heterocycles. The van der Waals surface area contributed by atoms with Crippen molar-refractivity contribution in [1.29, 1.82) is 0 Å². The monoisotopic (exact) mass is 310 g/mol. The number of nitrogens with zero attached hydrogens (tertiary/aromatic N) is 2. The Hall–Kier alpha value is -1.89. The number of aromatic nitrogens is 2. The van der Waals surface area contributed by atoms with Crippen molar-refractivity contribution in [2.75, 3.05) is 12.0 Å². The van der Waals surface area contributed by atoms with Crippen LogP contribution in [0.2, 0.25) is 0 Å². The number of sulfone groups is 1. The summed E-state index contributed by atoms with van der Waals surface area (Å²) in [7, 11) is -3.14. The average Bonchev–Trinajstić information content (AvgIpc) is 2.73. The van der Waals surface area contributed by atoms with Crippen LogP contribution in [-0.4, -0.2) is 41.1 Å². The fourth-order valence-electron chi connectivity index (χ4n) is 2.30. The lowest BCUT2D eigenvalue weighted by Gasteiger charge is -2.11. The molecular weight excluding hydrogens is 292 g/mol. The van der Waals surface area contributed by atoms with E-state index < -0.39 is 15.8 Å². The normalized spacial score (nSPS) is 12.2. The molecule has 0 aliphatic carbocycles. The molecule has 0 unspecified atom stereocenters. The van der Waals surface area contributed by atoms with E-state index in [1.165, 1.54) is 12.3 Å². The first-order valence-electron chi connectivity index (χ1n) is 6.61. The SMILES string of the molecule is CC(C)c1nc2cccc(C(=O)O)c2n1CCS(C)(=O)=O. The zero-order valence-corrected chi connectivity index (χ0v) is 13.0. The highest BCUT2D eigenvalue weighted by atomic mass is 32.2. The summed E-state index contributed by atoms with van der Waals surface area (Å²) < 4.78 is 24.5. The molecule has 6 nitrogen and oxygen atoms in total. The number of aryl methyl sites for hydroxylation is 1. The number of carboxylic acids is 1. The minimum atomic E-state index is -3.14. The summed E-state index contributed by atoms with van der Waals surface area (Å²) in [5.74, 6) is -0.330. The van der Waals surface area contributed by atoms with Crippen molar-refractivity contribution in [3.05, 3.63) is 29.6 Å². The molecule has 0 aliphatic heterocycles. The number of rotatable bonds is 5. The first kappa shape index (κ1) is 15.5. The van der Waals surface area contributed by atoms with Crippen LogP contribution in [0.5, 0.6) is 0 Å². The predicted molar refractivity (Wildman–Crippen MR) is 80.5 cm³/mol. The molecular formula is C14H18N2O4S. The fourth-order valence-corrected chi connectivity index (χ4v) is 2.81. The summed E-state index contributed by atoms with van der Waals surface area (Å²) in [6.07, 6.45) is 1.17. The number of aromatic carboxylic acids is 1. The van der Waals surface area contributed by atoms with Crippen molar-refractivity contribution in [1.82, 2.24) is 9.55 Å². The highest BCUT2D eigenvalue weighted by Gasteiger charge is 2.19. The van der Waals surface area contributed by atoms with Gasteiger partial charge in [-0.2, -0.15) is 0 Å². The van der Waals surface area contributed by atoms with Gasteiger partial charge in [-0.3, -0.25) is 0 Å². The van der Waals surface area contributed by atoms with Crippen LogP contribution in [0, 0.1) is 0 Å². The number of fused-ring (bicyclic) bond motifs is 1. The summed E-state index contributed by atoms with van der Waals surface area (Å²) in [6, 6.07) is 4.89. The number of benzene rings is 1. The van der Waals surface area contributed by atoms with Crippen molar-refractivity contribution < 1.29 is 18.3 Å². The van der Waals surface area contributed by atoms with Crippen molar-refractivity contribution in [2.45, 2.75) is 26.3 Å². The number of carboxylic acid groups (broad SMARTS) is 1. The van der Waals surface area contributed by atoms with E-state index in [1.54, 1.807) is 16.7 Å². The van der Waals surface area contributed by atoms with Crippen LogP contribution in [0.3, 0.4) is 0 Å². The molecule has 0 spiro atoms. The van der Waals surface area contributed by atoms with Gasteiger partial charge in [0.2, 0.25) is 0 Å². The molecule has 0 aliphatic rings. The summed E-state index contributed by atoms with van der Waals surface area (Å²) >= 11 is 0. The molecule has 2 rings (SSSR count). The van der Waals surface area contributed by atoms with E-state index in [-0.39, 0.29) is 23.8 Å². The maximum absolute atomic E-state index is 11.4. The van der Waals surface area contributed by atoms with E-state index in [4.69, 9.17) is 0 Å². The van der Waals surface area contributed by atoms with Gasteiger partial charge in [0.25, 0.3) is 0 Å². The predicted octanol–water partition coefficient (Wildman–Crippen LogP) is 1.90. The van der Waals surface area contributed by atoms with Gasteiger partial charge in [0, 0.05) is 18.7 Å². The zero-order valence-electron chi connectivity index (χ0n) is 12.2. The summed E-state index contributed by atoms with van der Waals surface area (Å²) in [5.41, 5.74) is 1.20. The standard InChI is InChI=1S/C14H18N2O4S/c1-9(2)13-15-11-6-4-5-10(14(17)18)12(11)16(13)7-8-21(3,19)20/h4-6,9H,7-8H2,1-3H3,(H,17,18). The van der Waals surface area contributed by atoms with Crippen LogP contribution >= 0.6 is 0 Å². The fraction of sp³-hybridized carbons (Fsp3) is 0.429. The molecule has 0 saturated heterocycles. The highest BCUT2D eigenvalue weighted by Crippen LogP contribution is 2.25. The van der Waals surface area contributed by atoms with Crippen molar-refractivity contribution >= 4 is 26.8 Å². The maximum Gasteiger partial charge on any atom is 0.337 e. The van der Waals surface area contributed by atoms with Gasteiger partial charge in [0.05, 0.1) is 22.3 Å². The largest absolute Gasteiger partial charge is 0.478 e. The van der Waals surface area contributed by atoms with Crippen LogP contribution < -0.4 is 0 Å². The zero-order chi connectivity index (χ0) is 15.8. The van der Waals surface area contributed by atoms with E-state index in [2.05, 4.69) is 4.98 Å². The van der Waals surface area contributed by atoms with E-state index >= 15 is 0 Å². The first-order valence-corrected chi connectivity index (χ1v) is 8.67. The van der Waals surface area contributed by atoms with E-state index in [0.29, 0.717) is 16.9 Å². The molecule has 1 N–H and O–H groups in total. The molecule has 0 saturated carbocycles. The molecule has 1 heterocycles. The van der Waals surface area contributed by atoms with Crippen LogP contribution in [0.25, 0.3) is 11.0 Å². The van der Waals surface area contributed by atoms with E-state index in [0.717, 1.165) is 0 Å². The molecule has 0 fully saturated rings. The second kappa shape index (κ2) is 5.48. The summed E-state index contributed by atoms with van der Waals surface area (Å²) in [4.78, 5) is 15.8. The Morgan fingerprint density at radius 1 is 1.38 bits per heavy atom. The third-order valence-corrected chi connectivity index (χ3v) is 4.15. The maximum atomic E-state index is 11.4. The van der Waals surface area contributed by atoms with Crippen molar-refractivity contribution in [2.24, 2.45) is 0 Å². The highest BCUT2D eigenvalue weighted by molar-refractivity contribution is 7.90. The number of imidazole rings is 1. The quantitative estimate of drug-likeness (QED) is 0.911. The lowest BCUT2D eigenvalue weighted by molar-refractivity contribution is 0.0698. The first-order chi connectivity index (χ1) is 9.70. The van der Waals surface area contributed by atoms with Gasteiger partial charge < -0.3 is 9.67 Å². The molecule has 1 aromatic carbocycles. The number of hydrogen-bond donors (Lipinski definition) is 1. The van der Waals surface area contributed by atoms with Crippen LogP contribution in [0.4, 0.5) is 0 Å². The third kappa shape index (κ3) is 3.24. The smallest absolute Gasteiger partial charge is 0.337 e. The van der Waals surface area contributed by atoms with Crippen molar-refractivity contribution in [3.63, 3.8) is 0 Å². The second-order valence-electron chi connectivity index (χ2n) is 5.38. The average molecular weight is 310 g/mol. The Kier molecular flexibility index (Phi) is 4.04. The van der Waals surface area contributed by atoms with Gasteiger partial charge >= 0.3 is 5.97 Å². The van der Waals surface area contributed by atoms with Crippen molar-refractivity contribution in [3.8, 4) is 0 Å². The van der Waals surface area contributed by atoms with Gasteiger partial charge in [-0.15, -0.1) is 0 Å². The number of para-hydroxylation sites is 1. The second-order valence-corrected chi connectivity index (χ2v) is 7.64. The molecule has 21 heavy (non-hydrogen) atoms. The lowest BCUT2D eigenvalue weighted by atomic mass is 10.2. The van der Waals surface area contributed by atoms with E-state index in [1.807, 2.05) is 13.8 Å². The minimum Gasteiger partial charge on any atom is -0.478 e. The summed E-state index contributed by atoms with van der Waals surface area (Å²) in [6.45, 7) is 4.09. The Labute approximate surface area is 123 Å². The summed E-state index contributed by atoms with van der Waals surface area (Å²) in [5, 5.41) is 9.32. The Bertz CT molecular complexity index is 791. The Morgan fingerprint density at radius 3 is 2.57 bits per heavy atom. The minimum absolute atomic E-state index is 0.0495. The number of carbonyl (C=O) groups is 1. The van der Waals surface area contributed by atoms with Gasteiger partial charge in [0.15, 0.2) is 0 Å². The van der Waals surface area contributed by atoms with Gasteiger partial charge in [-0.1, -0.05) is 19.9 Å². The van der Waals surface area contributed by atoms with Gasteiger partial charge in [-0.25, -0.2) is 18.2 Å². The van der Waals surface area contributed by atoms with Crippen LogP contribution in [0.1, 0.15) is 35.9 Å². The molecule has 7 heteroatoms.